The van der Waals surface area contributed by atoms with Crippen LogP contribution in [0.3, 0.4) is 0 Å². The molecular weight excluding hydrogens is 388 g/mol. The van der Waals surface area contributed by atoms with Gasteiger partial charge in [-0.3, -0.25) is 0 Å². The fraction of sp³-hybridized carbons (Fsp3) is 0.133. The smallest absolute Gasteiger partial charge is 0.0646 e. The summed E-state index contributed by atoms with van der Waals surface area (Å²) in [5, 5.41) is 8.65. The highest BCUT2D eigenvalue weighted by atomic mass is 28.3. The number of hydrogen-bond acceptors (Lipinski definition) is 0. The molecule has 31 heavy (non-hydrogen) atoms. The molecule has 0 atom stereocenters. The monoisotopic (exact) mass is 414 g/mol. The molecule has 0 bridgehead atoms. The first kappa shape index (κ1) is 18.8. The third-order valence-corrected chi connectivity index (χ3v) is 11.0. The Bertz CT molecular complexity index is 1350. The molecule has 2 aliphatic carbocycles. The average Bonchev–Trinajstić information content (AvgIpc) is 3.30. The van der Waals surface area contributed by atoms with Crippen molar-refractivity contribution in [3.8, 4) is 0 Å². The molecule has 2 aliphatic rings. The Kier molecular flexibility index (Phi) is 3.98. The highest BCUT2D eigenvalue weighted by Gasteiger charge is 2.41. The molecule has 1 heteroatoms. The molecule has 0 saturated heterocycles. The largest absolute Gasteiger partial charge is 0.113 e. The summed E-state index contributed by atoms with van der Waals surface area (Å²) in [5.41, 5.74) is 8.59. The lowest BCUT2D eigenvalue weighted by molar-refractivity contribution is 1.45. The molecule has 0 saturated carbocycles. The zero-order valence-corrected chi connectivity index (χ0v) is 19.6. The van der Waals surface area contributed by atoms with Crippen molar-refractivity contribution in [2.75, 3.05) is 0 Å². The second-order valence-corrected chi connectivity index (χ2v) is 13.8. The number of hydrogen-bond donors (Lipinski definition) is 0. The van der Waals surface area contributed by atoms with Crippen molar-refractivity contribution in [3.05, 3.63) is 119 Å². The van der Waals surface area contributed by atoms with Gasteiger partial charge >= 0.3 is 0 Å². The van der Waals surface area contributed by atoms with Gasteiger partial charge in [-0.15, -0.1) is 0 Å². The van der Waals surface area contributed by atoms with E-state index < -0.39 is 8.07 Å². The van der Waals surface area contributed by atoms with Gasteiger partial charge in [0.25, 0.3) is 0 Å². The predicted molar refractivity (Wildman–Crippen MR) is 137 cm³/mol. The molecule has 0 aromatic heterocycles. The molecule has 4 aromatic rings. The molecule has 0 fully saturated rings. The van der Waals surface area contributed by atoms with Crippen LogP contribution >= 0.6 is 0 Å². The zero-order chi connectivity index (χ0) is 21.3. The van der Waals surface area contributed by atoms with Crippen molar-refractivity contribution < 1.29 is 0 Å². The van der Waals surface area contributed by atoms with Crippen LogP contribution in [0.25, 0.3) is 31.9 Å². The summed E-state index contributed by atoms with van der Waals surface area (Å²) < 4.78 is 0. The first-order valence-electron chi connectivity index (χ1n) is 11.1. The minimum Gasteiger partial charge on any atom is -0.0646 e. The molecule has 2 radical (unpaired) electrons. The molecule has 150 valence electrons. The highest BCUT2D eigenvalue weighted by Crippen LogP contribution is 2.52. The Morgan fingerprint density at radius 3 is 1.39 bits per heavy atom. The van der Waals surface area contributed by atoms with Crippen molar-refractivity contribution in [2.45, 2.75) is 26.9 Å². The molecular formula is C30H26Si. The lowest BCUT2D eigenvalue weighted by Gasteiger charge is -2.31. The maximum Gasteiger partial charge on any atom is 0.113 e. The van der Waals surface area contributed by atoms with E-state index in [1.165, 1.54) is 54.9 Å². The minimum absolute atomic E-state index is 1.33. The molecule has 0 heterocycles. The van der Waals surface area contributed by atoms with Crippen molar-refractivity contribution in [2.24, 2.45) is 0 Å². The van der Waals surface area contributed by atoms with Gasteiger partial charge in [-0.25, -0.2) is 0 Å². The molecule has 0 nitrogen and oxygen atoms in total. The van der Waals surface area contributed by atoms with Gasteiger partial charge in [0.2, 0.25) is 0 Å². The summed E-state index contributed by atoms with van der Waals surface area (Å²) >= 11 is 0. The van der Waals surface area contributed by atoms with E-state index in [0.717, 1.165) is 0 Å². The Morgan fingerprint density at radius 2 is 0.935 bits per heavy atom. The standard InChI is InChI=1S/C30H26Si/c1-19-17-23-15-13-21-9-5-7-11-25(21)27(23)29(19)31(3,4)30-20(2)18-24-16-14-22-10-6-8-12-26(22)28(24)30/h5-18H,1-4H3. The van der Waals surface area contributed by atoms with E-state index in [4.69, 9.17) is 0 Å². The maximum atomic E-state index is 2.56. The lowest BCUT2D eigenvalue weighted by Crippen LogP contribution is -2.31. The van der Waals surface area contributed by atoms with Crippen molar-refractivity contribution in [1.82, 2.24) is 0 Å². The third kappa shape index (κ3) is 2.60. The van der Waals surface area contributed by atoms with Crippen molar-refractivity contribution in [3.63, 3.8) is 0 Å². The van der Waals surface area contributed by atoms with E-state index in [2.05, 4.69) is 113 Å². The summed E-state index contributed by atoms with van der Waals surface area (Å²) in [7, 11) is -2.00. The summed E-state index contributed by atoms with van der Waals surface area (Å²) in [6.45, 7) is 9.75. The van der Waals surface area contributed by atoms with Gasteiger partial charge in [0.15, 0.2) is 0 Å². The van der Waals surface area contributed by atoms with Crippen LogP contribution in [0.15, 0.2) is 83.9 Å². The van der Waals surface area contributed by atoms with Gasteiger partial charge in [-0.2, -0.15) is 0 Å². The molecule has 0 aliphatic heterocycles. The Morgan fingerprint density at radius 1 is 0.516 bits per heavy atom. The molecule has 0 spiro atoms. The van der Waals surface area contributed by atoms with E-state index in [1.807, 2.05) is 0 Å². The van der Waals surface area contributed by atoms with Gasteiger partial charge in [0.1, 0.15) is 8.07 Å². The van der Waals surface area contributed by atoms with Gasteiger partial charge in [-0.1, -0.05) is 97.0 Å². The Hall–Kier alpha value is -2.90. The maximum absolute atomic E-state index is 2.56. The number of fused-ring (bicyclic) bond motifs is 6. The third-order valence-electron chi connectivity index (χ3n) is 7.21. The molecule has 6 rings (SSSR count). The number of allylic oxidation sites excluding steroid dienone is 2. The Labute approximate surface area is 185 Å². The fourth-order valence-corrected chi connectivity index (χ4v) is 10.3. The van der Waals surface area contributed by atoms with Crippen LogP contribution in [0.5, 0.6) is 0 Å². The fourth-order valence-electron chi connectivity index (χ4n) is 6.12. The molecule has 0 N–H and O–H groups in total. The topological polar surface area (TPSA) is 0 Å². The number of benzene rings is 4. The molecule has 0 amide bonds. The van der Waals surface area contributed by atoms with E-state index in [-0.39, 0.29) is 0 Å². The first-order valence-corrected chi connectivity index (χ1v) is 14.1. The zero-order valence-electron chi connectivity index (χ0n) is 18.6. The summed E-state index contributed by atoms with van der Waals surface area (Å²) in [6.07, 6.45) is 4.81. The quantitative estimate of drug-likeness (QED) is 0.290. The van der Waals surface area contributed by atoms with E-state index in [0.29, 0.717) is 0 Å². The van der Waals surface area contributed by atoms with Crippen LogP contribution in [0.4, 0.5) is 0 Å². The highest BCUT2D eigenvalue weighted by molar-refractivity contribution is 7.09. The second kappa shape index (κ2) is 6.55. The van der Waals surface area contributed by atoms with Gasteiger partial charge in [0.05, 0.1) is 0 Å². The van der Waals surface area contributed by atoms with E-state index in [1.54, 1.807) is 10.4 Å². The van der Waals surface area contributed by atoms with Gasteiger partial charge < -0.3 is 0 Å². The van der Waals surface area contributed by atoms with Crippen LogP contribution in [-0.2, 0) is 0 Å². The number of rotatable bonds is 2. The average molecular weight is 415 g/mol. The van der Waals surface area contributed by atoms with Crippen molar-refractivity contribution in [1.29, 1.82) is 0 Å². The van der Waals surface area contributed by atoms with Crippen LogP contribution in [0.2, 0.25) is 13.1 Å². The van der Waals surface area contributed by atoms with Crippen molar-refractivity contribution >= 4 is 40.0 Å². The first-order chi connectivity index (χ1) is 15.0. The molecule has 0 unspecified atom stereocenters. The second-order valence-electron chi connectivity index (χ2n) is 9.53. The Balaban J connectivity index is 1.63. The summed E-state index contributed by atoms with van der Waals surface area (Å²) in [5.74, 6) is 0. The van der Waals surface area contributed by atoms with E-state index in [9.17, 15) is 0 Å². The van der Waals surface area contributed by atoms with Crippen LogP contribution < -0.4 is 0 Å². The SMILES string of the molecule is CC1=C([Si](C)(C)C2=C(C)[CH]c3ccc4ccccc4c32)c2c(ccc3ccccc23)[CH]1. The normalized spacial score (nSPS) is 15.9. The van der Waals surface area contributed by atoms with Crippen LogP contribution in [0.1, 0.15) is 36.1 Å². The predicted octanol–water partition coefficient (Wildman–Crippen LogP) is 8.16. The van der Waals surface area contributed by atoms with Gasteiger partial charge in [-0.05, 0) is 68.0 Å². The van der Waals surface area contributed by atoms with Gasteiger partial charge in [0, 0.05) is 12.8 Å². The minimum atomic E-state index is -2.00. The summed E-state index contributed by atoms with van der Waals surface area (Å²) in [4.78, 5) is 0. The van der Waals surface area contributed by atoms with Crippen LogP contribution in [-0.4, -0.2) is 8.07 Å². The van der Waals surface area contributed by atoms with E-state index >= 15 is 0 Å². The molecule has 4 aromatic carbocycles. The summed E-state index contributed by atoms with van der Waals surface area (Å²) in [6, 6.07) is 26.9. The van der Waals surface area contributed by atoms with Crippen LogP contribution in [0, 0.1) is 12.8 Å². The lowest BCUT2D eigenvalue weighted by atomic mass is 10.0.